The number of likely N-dealkylation sites (N-methyl/N-ethyl adjacent to an activating group) is 1. The minimum atomic E-state index is -4.39. The van der Waals surface area contributed by atoms with Crippen LogP contribution in [0, 0.1) is 3.57 Å². The normalized spacial score (nSPS) is 11.7. The van der Waals surface area contributed by atoms with Gasteiger partial charge >= 0.3 is 6.18 Å². The predicted octanol–water partition coefficient (Wildman–Crippen LogP) is 4.62. The largest absolute Gasteiger partial charge is 0.416 e. The Kier molecular flexibility index (Phi) is 5.80. The van der Waals surface area contributed by atoms with Crippen LogP contribution < -0.4 is 0 Å². The lowest BCUT2D eigenvalue weighted by Gasteiger charge is -2.17. The molecule has 0 atom stereocenters. The van der Waals surface area contributed by atoms with Gasteiger partial charge in [-0.15, -0.1) is 0 Å². The summed E-state index contributed by atoms with van der Waals surface area (Å²) in [5, 5.41) is 0. The lowest BCUT2D eigenvalue weighted by molar-refractivity contribution is -0.137. The number of hydrogen-bond donors (Lipinski definition) is 0. The number of carbonyl (C=O) groups excluding carboxylic acids is 1. The molecular weight excluding hydrogens is 418 g/mol. The van der Waals surface area contributed by atoms with Crippen LogP contribution in [-0.2, 0) is 12.7 Å². The molecule has 23 heavy (non-hydrogen) atoms. The highest BCUT2D eigenvalue weighted by Gasteiger charge is 2.30. The number of carbonyl (C=O) groups is 1. The second-order valence-electron chi connectivity index (χ2n) is 5.26. The minimum Gasteiger partial charge on any atom is -0.295 e. The zero-order valence-electron chi connectivity index (χ0n) is 12.4. The van der Waals surface area contributed by atoms with Gasteiger partial charge in [-0.25, -0.2) is 0 Å². The van der Waals surface area contributed by atoms with Crippen LogP contribution in [-0.4, -0.2) is 24.3 Å². The summed E-state index contributed by atoms with van der Waals surface area (Å²) in [4.78, 5) is 14.0. The van der Waals surface area contributed by atoms with E-state index in [9.17, 15) is 18.0 Å². The van der Waals surface area contributed by atoms with Crippen LogP contribution in [0.2, 0.25) is 0 Å². The molecule has 0 saturated heterocycles. The van der Waals surface area contributed by atoms with Gasteiger partial charge in [-0.1, -0.05) is 30.3 Å². The fraction of sp³-hybridized carbons (Fsp3) is 0.235. The number of hydrogen-bond acceptors (Lipinski definition) is 2. The SMILES string of the molecule is CN(CC(=O)c1ccc(C(F)(F)F)cc1)Cc1ccccc1I. The van der Waals surface area contributed by atoms with Gasteiger partial charge in [0.15, 0.2) is 5.78 Å². The molecule has 0 aliphatic carbocycles. The van der Waals surface area contributed by atoms with Gasteiger partial charge in [0.25, 0.3) is 0 Å². The molecule has 0 fully saturated rings. The van der Waals surface area contributed by atoms with Gasteiger partial charge in [0.05, 0.1) is 12.1 Å². The van der Waals surface area contributed by atoms with Crippen molar-refractivity contribution in [1.82, 2.24) is 4.90 Å². The first-order valence-electron chi connectivity index (χ1n) is 6.90. The molecule has 0 heterocycles. The standard InChI is InChI=1S/C17H15F3INO/c1-22(10-13-4-2-3-5-15(13)21)11-16(23)12-6-8-14(9-7-12)17(18,19)20/h2-9H,10-11H2,1H3. The molecule has 0 N–H and O–H groups in total. The fourth-order valence-electron chi connectivity index (χ4n) is 2.15. The summed E-state index contributed by atoms with van der Waals surface area (Å²) in [5.74, 6) is -0.202. The highest BCUT2D eigenvalue weighted by Crippen LogP contribution is 2.29. The summed E-state index contributed by atoms with van der Waals surface area (Å²) < 4.78 is 38.7. The molecule has 0 amide bonds. The summed E-state index contributed by atoms with van der Waals surface area (Å²) >= 11 is 2.23. The maximum Gasteiger partial charge on any atom is 0.416 e. The smallest absolute Gasteiger partial charge is 0.295 e. The van der Waals surface area contributed by atoms with Crippen LogP contribution in [0.25, 0.3) is 0 Å². The monoisotopic (exact) mass is 433 g/mol. The van der Waals surface area contributed by atoms with E-state index in [1.54, 1.807) is 0 Å². The van der Waals surface area contributed by atoms with Crippen molar-refractivity contribution in [3.05, 3.63) is 68.8 Å². The Morgan fingerprint density at radius 2 is 1.70 bits per heavy atom. The summed E-state index contributed by atoms with van der Waals surface area (Å²) in [6.07, 6.45) is -4.39. The third-order valence-corrected chi connectivity index (χ3v) is 4.40. The van der Waals surface area contributed by atoms with E-state index in [4.69, 9.17) is 0 Å². The summed E-state index contributed by atoms with van der Waals surface area (Å²) in [7, 11) is 1.81. The number of alkyl halides is 3. The first kappa shape index (κ1) is 17.9. The Morgan fingerprint density at radius 3 is 2.26 bits per heavy atom. The first-order chi connectivity index (χ1) is 10.8. The van der Waals surface area contributed by atoms with Gasteiger partial charge in [0.2, 0.25) is 0 Å². The number of rotatable bonds is 5. The van der Waals surface area contributed by atoms with Gasteiger partial charge < -0.3 is 0 Å². The Balaban J connectivity index is 2.00. The average molecular weight is 433 g/mol. The Labute approximate surface area is 146 Å². The van der Waals surface area contributed by atoms with Crippen molar-refractivity contribution in [2.45, 2.75) is 12.7 Å². The van der Waals surface area contributed by atoms with Crippen LogP contribution in [0.15, 0.2) is 48.5 Å². The molecule has 2 rings (SSSR count). The average Bonchev–Trinajstić information content (AvgIpc) is 2.49. The quantitative estimate of drug-likeness (QED) is 0.507. The van der Waals surface area contributed by atoms with Crippen LogP contribution in [0.3, 0.4) is 0 Å². The molecule has 0 bridgehead atoms. The third kappa shape index (κ3) is 5.04. The van der Waals surface area contributed by atoms with E-state index >= 15 is 0 Å². The topological polar surface area (TPSA) is 20.3 Å². The molecule has 0 aliphatic heterocycles. The summed E-state index contributed by atoms with van der Waals surface area (Å²) in [6.45, 7) is 0.752. The third-order valence-electron chi connectivity index (χ3n) is 3.35. The number of nitrogens with zero attached hydrogens (tertiary/aromatic N) is 1. The van der Waals surface area contributed by atoms with Crippen molar-refractivity contribution in [1.29, 1.82) is 0 Å². The van der Waals surface area contributed by atoms with Crippen molar-refractivity contribution in [2.24, 2.45) is 0 Å². The van der Waals surface area contributed by atoms with Crippen molar-refractivity contribution in [2.75, 3.05) is 13.6 Å². The van der Waals surface area contributed by atoms with Crippen LogP contribution in [0.1, 0.15) is 21.5 Å². The van der Waals surface area contributed by atoms with E-state index in [-0.39, 0.29) is 17.9 Å². The zero-order valence-corrected chi connectivity index (χ0v) is 14.6. The molecule has 0 saturated carbocycles. The van der Waals surface area contributed by atoms with E-state index in [1.165, 1.54) is 12.1 Å². The maximum absolute atomic E-state index is 12.5. The Morgan fingerprint density at radius 1 is 1.09 bits per heavy atom. The molecule has 2 nitrogen and oxygen atoms in total. The molecule has 2 aromatic rings. The van der Waals surface area contributed by atoms with Gasteiger partial charge in [-0.3, -0.25) is 9.69 Å². The van der Waals surface area contributed by atoms with E-state index in [2.05, 4.69) is 22.6 Å². The van der Waals surface area contributed by atoms with Gasteiger partial charge in [-0.2, -0.15) is 13.2 Å². The van der Waals surface area contributed by atoms with E-state index in [1.807, 2.05) is 36.2 Å². The number of ketones is 1. The second-order valence-corrected chi connectivity index (χ2v) is 6.42. The van der Waals surface area contributed by atoms with E-state index in [0.717, 1.165) is 21.3 Å². The van der Waals surface area contributed by atoms with E-state index < -0.39 is 11.7 Å². The van der Waals surface area contributed by atoms with E-state index in [0.29, 0.717) is 6.54 Å². The molecular formula is C17H15F3INO. The molecule has 0 aliphatic rings. The predicted molar refractivity (Wildman–Crippen MR) is 91.3 cm³/mol. The highest BCUT2D eigenvalue weighted by molar-refractivity contribution is 14.1. The molecule has 0 unspecified atom stereocenters. The number of benzene rings is 2. The molecule has 0 radical (unpaired) electrons. The van der Waals surface area contributed by atoms with Gasteiger partial charge in [0.1, 0.15) is 0 Å². The lowest BCUT2D eigenvalue weighted by Crippen LogP contribution is -2.26. The summed E-state index contributed by atoms with van der Waals surface area (Å²) in [5.41, 5.74) is 0.643. The van der Waals surface area contributed by atoms with Crippen LogP contribution >= 0.6 is 22.6 Å². The second kappa shape index (κ2) is 7.44. The minimum absolute atomic E-state index is 0.149. The Hall–Kier alpha value is -1.41. The number of Topliss-reactive ketones (excluding diaryl/α,β-unsaturated/α-hetero) is 1. The van der Waals surface area contributed by atoms with Crippen molar-refractivity contribution in [3.8, 4) is 0 Å². The molecule has 2 aromatic carbocycles. The van der Waals surface area contributed by atoms with Crippen molar-refractivity contribution < 1.29 is 18.0 Å². The van der Waals surface area contributed by atoms with Gasteiger partial charge in [-0.05, 0) is 53.4 Å². The van der Waals surface area contributed by atoms with Gasteiger partial charge in [0, 0.05) is 15.7 Å². The zero-order chi connectivity index (χ0) is 17.0. The fourth-order valence-corrected chi connectivity index (χ4v) is 2.71. The van der Waals surface area contributed by atoms with Crippen molar-refractivity contribution >= 4 is 28.4 Å². The Bertz CT molecular complexity index is 683. The molecule has 122 valence electrons. The first-order valence-corrected chi connectivity index (χ1v) is 7.97. The number of halogens is 4. The maximum atomic E-state index is 12.5. The van der Waals surface area contributed by atoms with Crippen LogP contribution in [0.5, 0.6) is 0 Å². The van der Waals surface area contributed by atoms with Crippen LogP contribution in [0.4, 0.5) is 13.2 Å². The lowest BCUT2D eigenvalue weighted by atomic mass is 10.1. The molecule has 0 aromatic heterocycles. The van der Waals surface area contributed by atoms with Crippen molar-refractivity contribution in [3.63, 3.8) is 0 Å². The highest BCUT2D eigenvalue weighted by atomic mass is 127. The summed E-state index contributed by atoms with van der Waals surface area (Å²) in [6, 6.07) is 12.2. The molecule has 0 spiro atoms. The molecule has 6 heteroatoms.